The lowest BCUT2D eigenvalue weighted by atomic mass is 9.92. The van der Waals surface area contributed by atoms with Crippen LogP contribution in [0.1, 0.15) is 52.5 Å². The molecule has 2 nitrogen and oxygen atoms in total. The van der Waals surface area contributed by atoms with Crippen molar-refractivity contribution in [3.63, 3.8) is 0 Å². The van der Waals surface area contributed by atoms with E-state index in [4.69, 9.17) is 0 Å². The number of rotatable bonds is 4. The fraction of sp³-hybridized carbons (Fsp3) is 0.286. The van der Waals surface area contributed by atoms with Crippen molar-refractivity contribution in [3.05, 3.63) is 70.4 Å². The number of H-pyrrole nitrogens is 1. The van der Waals surface area contributed by atoms with Crippen molar-refractivity contribution in [1.29, 1.82) is 0 Å². The summed E-state index contributed by atoms with van der Waals surface area (Å²) in [4.78, 5) is 15.9. The highest BCUT2D eigenvalue weighted by molar-refractivity contribution is 6.00. The van der Waals surface area contributed by atoms with Crippen LogP contribution in [0, 0.1) is 13.8 Å². The first-order valence-corrected chi connectivity index (χ1v) is 8.16. The van der Waals surface area contributed by atoms with Gasteiger partial charge in [-0.25, -0.2) is 0 Å². The van der Waals surface area contributed by atoms with Gasteiger partial charge in [0.2, 0.25) is 0 Å². The quantitative estimate of drug-likeness (QED) is 0.649. The Kier molecular flexibility index (Phi) is 4.08. The Morgan fingerprint density at radius 2 is 1.87 bits per heavy atom. The average Bonchev–Trinajstić information content (AvgIpc) is 2.92. The highest BCUT2D eigenvalue weighted by atomic mass is 16.1. The highest BCUT2D eigenvalue weighted by Gasteiger charge is 2.14. The number of hydrogen-bond acceptors (Lipinski definition) is 1. The van der Waals surface area contributed by atoms with Crippen molar-refractivity contribution in [2.75, 3.05) is 0 Å². The Bertz CT molecular complexity index is 871. The van der Waals surface area contributed by atoms with Gasteiger partial charge in [-0.05, 0) is 54.2 Å². The van der Waals surface area contributed by atoms with E-state index >= 15 is 0 Å². The predicted octanol–water partition coefficient (Wildman–Crippen LogP) is 5.33. The number of nitrogens with one attached hydrogen (secondary N) is 1. The van der Waals surface area contributed by atoms with Crippen LogP contribution in [-0.2, 0) is 6.42 Å². The minimum absolute atomic E-state index is 0.142. The van der Waals surface area contributed by atoms with Gasteiger partial charge in [-0.1, -0.05) is 44.2 Å². The number of Topliss-reactive ketones (excluding diaryl/α,β-unsaturated/α-hetero) is 1. The van der Waals surface area contributed by atoms with Crippen LogP contribution < -0.4 is 0 Å². The van der Waals surface area contributed by atoms with Crippen molar-refractivity contribution in [2.24, 2.45) is 0 Å². The Morgan fingerprint density at radius 3 is 2.61 bits per heavy atom. The van der Waals surface area contributed by atoms with Gasteiger partial charge < -0.3 is 4.98 Å². The lowest BCUT2D eigenvalue weighted by Crippen LogP contribution is -2.07. The molecule has 0 atom stereocenters. The molecule has 3 rings (SSSR count). The fourth-order valence-corrected chi connectivity index (χ4v) is 3.18. The summed E-state index contributed by atoms with van der Waals surface area (Å²) in [5, 5.41) is 1.09. The molecule has 0 unspecified atom stereocenters. The third kappa shape index (κ3) is 3.07. The summed E-state index contributed by atoms with van der Waals surface area (Å²) in [6.07, 6.45) is 0.443. The zero-order valence-corrected chi connectivity index (χ0v) is 14.2. The van der Waals surface area contributed by atoms with Crippen LogP contribution in [0.15, 0.2) is 42.5 Å². The van der Waals surface area contributed by atoms with Crippen LogP contribution in [0.5, 0.6) is 0 Å². The highest BCUT2D eigenvalue weighted by Crippen LogP contribution is 2.24. The monoisotopic (exact) mass is 305 g/mol. The third-order valence-corrected chi connectivity index (χ3v) is 4.54. The minimum Gasteiger partial charge on any atom is -0.352 e. The number of benzene rings is 2. The number of carbonyl (C=O) groups excluding carboxylic acids is 1. The van der Waals surface area contributed by atoms with Gasteiger partial charge >= 0.3 is 0 Å². The van der Waals surface area contributed by atoms with Crippen LogP contribution in [0.25, 0.3) is 10.9 Å². The molecule has 3 aromatic rings. The van der Waals surface area contributed by atoms with E-state index in [1.54, 1.807) is 0 Å². The molecule has 1 N–H and O–H groups in total. The largest absolute Gasteiger partial charge is 0.352 e. The molecule has 0 aliphatic heterocycles. The fourth-order valence-electron chi connectivity index (χ4n) is 3.18. The molecule has 0 saturated heterocycles. The van der Waals surface area contributed by atoms with Gasteiger partial charge in [0, 0.05) is 17.3 Å². The summed E-state index contributed by atoms with van der Waals surface area (Å²) in [6.45, 7) is 8.55. The summed E-state index contributed by atoms with van der Waals surface area (Å²) < 4.78 is 0. The molecule has 2 aromatic carbocycles. The van der Waals surface area contributed by atoms with E-state index in [2.05, 4.69) is 69.1 Å². The van der Waals surface area contributed by atoms with Crippen molar-refractivity contribution >= 4 is 16.7 Å². The molecular weight excluding hydrogens is 282 g/mol. The summed E-state index contributed by atoms with van der Waals surface area (Å²) in [5.41, 5.74) is 6.60. The van der Waals surface area contributed by atoms with Gasteiger partial charge in [0.1, 0.15) is 0 Å². The standard InChI is InChI=1S/C21H23NO/c1-13(2)18-7-5-6-16(15(18)4)12-21(23)20-11-17-9-8-14(3)10-19(17)22-20/h5-11,13,22H,12H2,1-4H3. The number of aromatic amines is 1. The van der Waals surface area contributed by atoms with E-state index in [1.807, 2.05) is 6.07 Å². The van der Waals surface area contributed by atoms with Crippen molar-refractivity contribution in [3.8, 4) is 0 Å². The third-order valence-electron chi connectivity index (χ3n) is 4.54. The Hall–Kier alpha value is -2.35. The van der Waals surface area contributed by atoms with E-state index in [9.17, 15) is 4.79 Å². The number of hydrogen-bond donors (Lipinski definition) is 1. The van der Waals surface area contributed by atoms with Crippen LogP contribution >= 0.6 is 0 Å². The Labute approximate surface area is 137 Å². The summed E-state index contributed by atoms with van der Waals surface area (Å²) in [7, 11) is 0. The van der Waals surface area contributed by atoms with E-state index < -0.39 is 0 Å². The molecule has 1 aromatic heterocycles. The molecule has 0 fully saturated rings. The van der Waals surface area contributed by atoms with Gasteiger partial charge in [-0.2, -0.15) is 0 Å². The molecule has 0 saturated carbocycles. The van der Waals surface area contributed by atoms with E-state index in [1.165, 1.54) is 16.7 Å². The molecular formula is C21H23NO. The maximum atomic E-state index is 12.7. The van der Waals surface area contributed by atoms with Crippen molar-refractivity contribution in [2.45, 2.75) is 40.0 Å². The number of aryl methyl sites for hydroxylation is 1. The number of aromatic nitrogens is 1. The molecule has 0 radical (unpaired) electrons. The maximum absolute atomic E-state index is 12.7. The van der Waals surface area contributed by atoms with E-state index in [0.29, 0.717) is 18.0 Å². The molecule has 0 amide bonds. The smallest absolute Gasteiger partial charge is 0.183 e. The van der Waals surface area contributed by atoms with E-state index in [-0.39, 0.29) is 5.78 Å². The van der Waals surface area contributed by atoms with Crippen molar-refractivity contribution < 1.29 is 4.79 Å². The molecule has 0 aliphatic rings. The topological polar surface area (TPSA) is 32.9 Å². The van der Waals surface area contributed by atoms with Crippen molar-refractivity contribution in [1.82, 2.24) is 4.98 Å². The SMILES string of the molecule is Cc1ccc2cc(C(=O)Cc3cccc(C(C)C)c3C)[nH]c2c1. The summed E-state index contributed by atoms with van der Waals surface area (Å²) >= 11 is 0. The first-order valence-electron chi connectivity index (χ1n) is 8.16. The summed E-state index contributed by atoms with van der Waals surface area (Å²) in [6, 6.07) is 14.4. The first-order chi connectivity index (χ1) is 11.0. The van der Waals surface area contributed by atoms with Crippen LogP contribution in [0.3, 0.4) is 0 Å². The van der Waals surface area contributed by atoms with Gasteiger partial charge in [-0.3, -0.25) is 4.79 Å². The Balaban J connectivity index is 1.90. The normalized spacial score (nSPS) is 11.3. The summed E-state index contributed by atoms with van der Waals surface area (Å²) in [5.74, 6) is 0.615. The lowest BCUT2D eigenvalue weighted by molar-refractivity contribution is 0.0989. The first kappa shape index (κ1) is 15.5. The second-order valence-electron chi connectivity index (χ2n) is 6.66. The molecule has 0 spiro atoms. The average molecular weight is 305 g/mol. The Morgan fingerprint density at radius 1 is 1.09 bits per heavy atom. The number of ketones is 1. The molecule has 118 valence electrons. The minimum atomic E-state index is 0.142. The number of fused-ring (bicyclic) bond motifs is 1. The second kappa shape index (κ2) is 6.04. The molecule has 23 heavy (non-hydrogen) atoms. The molecule has 0 aliphatic carbocycles. The van der Waals surface area contributed by atoms with Gasteiger partial charge in [0.15, 0.2) is 5.78 Å². The lowest BCUT2D eigenvalue weighted by Gasteiger charge is -2.13. The van der Waals surface area contributed by atoms with E-state index in [0.717, 1.165) is 16.5 Å². The molecule has 0 bridgehead atoms. The van der Waals surface area contributed by atoms with Gasteiger partial charge in [0.05, 0.1) is 5.69 Å². The zero-order chi connectivity index (χ0) is 16.6. The van der Waals surface area contributed by atoms with Crippen LogP contribution in [-0.4, -0.2) is 10.8 Å². The second-order valence-corrected chi connectivity index (χ2v) is 6.66. The number of carbonyl (C=O) groups is 1. The zero-order valence-electron chi connectivity index (χ0n) is 14.2. The van der Waals surface area contributed by atoms with Crippen LogP contribution in [0.4, 0.5) is 0 Å². The molecule has 1 heterocycles. The maximum Gasteiger partial charge on any atom is 0.183 e. The molecule has 2 heteroatoms. The predicted molar refractivity (Wildman–Crippen MR) is 96.3 cm³/mol. The van der Waals surface area contributed by atoms with Gasteiger partial charge in [-0.15, -0.1) is 0 Å². The van der Waals surface area contributed by atoms with Gasteiger partial charge in [0.25, 0.3) is 0 Å². The van der Waals surface area contributed by atoms with Crippen LogP contribution in [0.2, 0.25) is 0 Å².